The van der Waals surface area contributed by atoms with Gasteiger partial charge in [0.15, 0.2) is 0 Å². The van der Waals surface area contributed by atoms with Crippen LogP contribution in [0.1, 0.15) is 77.9 Å². The van der Waals surface area contributed by atoms with Gasteiger partial charge in [-0.3, -0.25) is 9.97 Å². The molecule has 2 heteroatoms. The summed E-state index contributed by atoms with van der Waals surface area (Å²) in [5, 5.41) is 0. The Morgan fingerprint density at radius 3 is 1.09 bits per heavy atom. The summed E-state index contributed by atoms with van der Waals surface area (Å²) in [6, 6.07) is 30.2. The molecule has 0 aliphatic carbocycles. The minimum atomic E-state index is -0.331. The van der Waals surface area contributed by atoms with Crippen molar-refractivity contribution in [2.24, 2.45) is 0 Å². The average Bonchev–Trinajstić information content (AvgIpc) is 2.83. The smallest absolute Gasteiger partial charge is 0.0705 e. The molecule has 0 aliphatic rings. The minimum Gasteiger partial charge on any atom is -0.252 e. The Morgan fingerprint density at radius 2 is 0.771 bits per heavy atom. The molecule has 0 bridgehead atoms. The monoisotopic (exact) mass is 462 g/mol. The fraction of sp³-hybridized carbons (Fsp3) is 0.333. The standard InChI is InChI=1S/C33H38N2/c1-31(2,3)25-19-15-23(16-20-25)27-11-9-13-29(34-27)33(7,8)30-14-10-12-28(35-30)24-17-21-26(22-18-24)32(4,5)6/h9-22H,1-8H3. The zero-order chi connectivity index (χ0) is 25.4. The zero-order valence-electron chi connectivity index (χ0n) is 22.5. The lowest BCUT2D eigenvalue weighted by Gasteiger charge is -2.25. The van der Waals surface area contributed by atoms with Crippen LogP contribution < -0.4 is 0 Å². The SMILES string of the molecule is CC(C)(C)c1ccc(-c2cccc(C(C)(C)c3cccc(-c4ccc(C(C)(C)C)cc4)n3)n2)cc1. The van der Waals surface area contributed by atoms with Crippen LogP contribution in [0, 0.1) is 0 Å². The first-order chi connectivity index (χ1) is 16.4. The molecule has 0 atom stereocenters. The number of aromatic nitrogens is 2. The van der Waals surface area contributed by atoms with E-state index in [4.69, 9.17) is 9.97 Å². The van der Waals surface area contributed by atoms with Crippen LogP contribution in [0.25, 0.3) is 22.5 Å². The molecule has 0 saturated carbocycles. The summed E-state index contributed by atoms with van der Waals surface area (Å²) in [4.78, 5) is 10.2. The summed E-state index contributed by atoms with van der Waals surface area (Å²) in [5.41, 5.74) is 8.89. The van der Waals surface area contributed by atoms with Gasteiger partial charge in [0, 0.05) is 16.5 Å². The van der Waals surface area contributed by atoms with Crippen molar-refractivity contribution < 1.29 is 0 Å². The van der Waals surface area contributed by atoms with E-state index in [1.807, 2.05) is 0 Å². The molecule has 0 amide bonds. The number of pyridine rings is 2. The fourth-order valence-electron chi connectivity index (χ4n) is 4.30. The van der Waals surface area contributed by atoms with E-state index < -0.39 is 0 Å². The highest BCUT2D eigenvalue weighted by molar-refractivity contribution is 5.62. The fourth-order valence-corrected chi connectivity index (χ4v) is 4.30. The number of nitrogens with zero attached hydrogens (tertiary/aromatic N) is 2. The van der Waals surface area contributed by atoms with Gasteiger partial charge in [0.25, 0.3) is 0 Å². The molecule has 2 aromatic carbocycles. The maximum absolute atomic E-state index is 5.08. The predicted octanol–water partition coefficient (Wildman–Crippen LogP) is 8.73. The summed E-state index contributed by atoms with van der Waals surface area (Å²) in [5.74, 6) is 0. The summed E-state index contributed by atoms with van der Waals surface area (Å²) in [7, 11) is 0. The van der Waals surface area contributed by atoms with Crippen LogP contribution in [0.2, 0.25) is 0 Å². The summed E-state index contributed by atoms with van der Waals surface area (Å²) < 4.78 is 0. The van der Waals surface area contributed by atoms with E-state index in [-0.39, 0.29) is 16.2 Å². The van der Waals surface area contributed by atoms with E-state index in [0.29, 0.717) is 0 Å². The number of benzene rings is 2. The Bertz CT molecular complexity index is 1200. The van der Waals surface area contributed by atoms with Crippen LogP contribution in [0.5, 0.6) is 0 Å². The van der Waals surface area contributed by atoms with Gasteiger partial charge < -0.3 is 0 Å². The van der Waals surface area contributed by atoms with Gasteiger partial charge in [0.2, 0.25) is 0 Å². The van der Waals surface area contributed by atoms with Gasteiger partial charge in [-0.25, -0.2) is 0 Å². The molecule has 0 N–H and O–H groups in total. The quantitative estimate of drug-likeness (QED) is 0.303. The third kappa shape index (κ3) is 5.37. The van der Waals surface area contributed by atoms with Gasteiger partial charge in [-0.15, -0.1) is 0 Å². The molecule has 2 nitrogen and oxygen atoms in total. The molecule has 0 saturated heterocycles. The third-order valence-corrected chi connectivity index (χ3v) is 6.87. The average molecular weight is 463 g/mol. The predicted molar refractivity (Wildman–Crippen MR) is 149 cm³/mol. The van der Waals surface area contributed by atoms with E-state index >= 15 is 0 Å². The Kier molecular flexibility index (Phi) is 6.44. The van der Waals surface area contributed by atoms with Gasteiger partial charge in [0.05, 0.1) is 22.8 Å². The molecular weight excluding hydrogens is 424 g/mol. The Morgan fingerprint density at radius 1 is 0.429 bits per heavy atom. The van der Waals surface area contributed by atoms with E-state index in [9.17, 15) is 0 Å². The Hall–Kier alpha value is -3.26. The number of hydrogen-bond donors (Lipinski definition) is 0. The molecular formula is C33H38N2. The number of rotatable bonds is 4. The van der Waals surface area contributed by atoms with Gasteiger partial charge in [-0.1, -0.05) is 102 Å². The van der Waals surface area contributed by atoms with Crippen molar-refractivity contribution >= 4 is 0 Å². The van der Waals surface area contributed by atoms with E-state index in [0.717, 1.165) is 33.9 Å². The Balaban J connectivity index is 1.65. The van der Waals surface area contributed by atoms with Crippen molar-refractivity contribution in [1.82, 2.24) is 9.97 Å². The maximum Gasteiger partial charge on any atom is 0.0705 e. The van der Waals surface area contributed by atoms with Crippen molar-refractivity contribution in [3.05, 3.63) is 107 Å². The summed E-state index contributed by atoms with van der Waals surface area (Å²) >= 11 is 0. The molecule has 4 rings (SSSR count). The largest absolute Gasteiger partial charge is 0.252 e. The Labute approximate surface area is 211 Å². The van der Waals surface area contributed by atoms with Crippen LogP contribution in [0.3, 0.4) is 0 Å². The third-order valence-electron chi connectivity index (χ3n) is 6.87. The van der Waals surface area contributed by atoms with Crippen molar-refractivity contribution in [2.45, 2.75) is 71.6 Å². The van der Waals surface area contributed by atoms with Crippen LogP contribution in [-0.4, -0.2) is 9.97 Å². The molecule has 0 fully saturated rings. The lowest BCUT2D eigenvalue weighted by atomic mass is 9.84. The van der Waals surface area contributed by atoms with E-state index in [1.54, 1.807) is 0 Å². The molecule has 0 radical (unpaired) electrons. The summed E-state index contributed by atoms with van der Waals surface area (Å²) in [6.45, 7) is 17.8. The van der Waals surface area contributed by atoms with Gasteiger partial charge in [-0.05, 0) is 60.1 Å². The van der Waals surface area contributed by atoms with Gasteiger partial charge in [0.1, 0.15) is 0 Å². The van der Waals surface area contributed by atoms with Gasteiger partial charge in [-0.2, -0.15) is 0 Å². The van der Waals surface area contributed by atoms with Crippen LogP contribution in [-0.2, 0) is 16.2 Å². The number of hydrogen-bond acceptors (Lipinski definition) is 2. The van der Waals surface area contributed by atoms with Crippen LogP contribution in [0.4, 0.5) is 0 Å². The first-order valence-electron chi connectivity index (χ1n) is 12.5. The van der Waals surface area contributed by atoms with Crippen molar-refractivity contribution in [3.63, 3.8) is 0 Å². The first kappa shape index (κ1) is 24.9. The second-order valence-electron chi connectivity index (χ2n) is 12.1. The zero-order valence-corrected chi connectivity index (χ0v) is 22.5. The van der Waals surface area contributed by atoms with E-state index in [1.165, 1.54) is 11.1 Å². The van der Waals surface area contributed by atoms with E-state index in [2.05, 4.69) is 140 Å². The lowest BCUT2D eigenvalue weighted by molar-refractivity contribution is 0.590. The highest BCUT2D eigenvalue weighted by Gasteiger charge is 2.27. The first-order valence-corrected chi connectivity index (χ1v) is 12.5. The lowest BCUT2D eigenvalue weighted by Crippen LogP contribution is -2.22. The van der Waals surface area contributed by atoms with Crippen molar-refractivity contribution in [2.75, 3.05) is 0 Å². The molecule has 0 spiro atoms. The maximum atomic E-state index is 5.08. The second-order valence-corrected chi connectivity index (χ2v) is 12.1. The van der Waals surface area contributed by atoms with Crippen LogP contribution >= 0.6 is 0 Å². The highest BCUT2D eigenvalue weighted by Crippen LogP contribution is 2.33. The van der Waals surface area contributed by atoms with Crippen LogP contribution in [0.15, 0.2) is 84.9 Å². The molecule has 0 unspecified atom stereocenters. The topological polar surface area (TPSA) is 25.8 Å². The molecule has 180 valence electrons. The molecule has 35 heavy (non-hydrogen) atoms. The van der Waals surface area contributed by atoms with Crippen molar-refractivity contribution in [1.29, 1.82) is 0 Å². The molecule has 4 aromatic rings. The molecule has 0 aliphatic heterocycles. The minimum absolute atomic E-state index is 0.138. The molecule has 2 heterocycles. The summed E-state index contributed by atoms with van der Waals surface area (Å²) in [6.07, 6.45) is 0. The normalized spacial score (nSPS) is 12.6. The highest BCUT2D eigenvalue weighted by atomic mass is 14.8. The van der Waals surface area contributed by atoms with Crippen molar-refractivity contribution in [3.8, 4) is 22.5 Å². The molecule has 2 aromatic heterocycles. The van der Waals surface area contributed by atoms with Gasteiger partial charge >= 0.3 is 0 Å². The second kappa shape index (κ2) is 9.07.